The van der Waals surface area contributed by atoms with Crippen LogP contribution in [-0.4, -0.2) is 13.2 Å². The average molecular weight is 249 g/mol. The Morgan fingerprint density at radius 1 is 1.28 bits per heavy atom. The third kappa shape index (κ3) is 2.66. The average Bonchev–Trinajstić information content (AvgIpc) is 3.24. The summed E-state index contributed by atoms with van der Waals surface area (Å²) in [5.74, 6) is 1.80. The van der Waals surface area contributed by atoms with Crippen molar-refractivity contribution in [1.82, 2.24) is 5.32 Å². The molecule has 2 aliphatic carbocycles. The Morgan fingerprint density at radius 3 is 2.44 bits per heavy atom. The van der Waals surface area contributed by atoms with Crippen LogP contribution in [0.5, 0.6) is 5.75 Å². The van der Waals surface area contributed by atoms with E-state index in [1.54, 1.807) is 12.1 Å². The number of halogens is 1. The van der Waals surface area contributed by atoms with Gasteiger partial charge in [-0.1, -0.05) is 6.07 Å². The smallest absolute Gasteiger partial charge is 0.165 e. The Labute approximate surface area is 108 Å². The summed E-state index contributed by atoms with van der Waals surface area (Å²) in [6.07, 6.45) is 5.46. The van der Waals surface area contributed by atoms with Gasteiger partial charge in [0.2, 0.25) is 0 Å². The Hall–Kier alpha value is -1.09. The maximum atomic E-state index is 13.6. The van der Waals surface area contributed by atoms with Crippen LogP contribution in [0.3, 0.4) is 0 Å². The summed E-state index contributed by atoms with van der Waals surface area (Å²) >= 11 is 0. The zero-order valence-corrected chi connectivity index (χ0v) is 10.8. The molecule has 0 bridgehead atoms. The summed E-state index contributed by atoms with van der Waals surface area (Å²) in [7, 11) is 1.49. The zero-order valence-electron chi connectivity index (χ0n) is 10.8. The Bertz CT molecular complexity index is 415. The second-order valence-electron chi connectivity index (χ2n) is 5.55. The van der Waals surface area contributed by atoms with Crippen molar-refractivity contribution in [2.45, 2.75) is 38.3 Å². The van der Waals surface area contributed by atoms with E-state index in [-0.39, 0.29) is 5.82 Å². The second-order valence-corrected chi connectivity index (χ2v) is 5.55. The van der Waals surface area contributed by atoms with Crippen LogP contribution in [0, 0.1) is 17.7 Å². The van der Waals surface area contributed by atoms with Crippen molar-refractivity contribution in [2.75, 3.05) is 7.11 Å². The molecule has 18 heavy (non-hydrogen) atoms. The van der Waals surface area contributed by atoms with Crippen molar-refractivity contribution >= 4 is 0 Å². The molecule has 0 radical (unpaired) electrons. The Balaban J connectivity index is 1.60. The fraction of sp³-hybridized carbons (Fsp3) is 0.600. The van der Waals surface area contributed by atoms with Gasteiger partial charge < -0.3 is 10.1 Å². The number of rotatable bonds is 6. The van der Waals surface area contributed by atoms with Gasteiger partial charge >= 0.3 is 0 Å². The molecule has 3 rings (SSSR count). The molecule has 0 unspecified atom stereocenters. The van der Waals surface area contributed by atoms with E-state index < -0.39 is 0 Å². The summed E-state index contributed by atoms with van der Waals surface area (Å²) < 4.78 is 18.5. The highest BCUT2D eigenvalue weighted by atomic mass is 19.1. The van der Waals surface area contributed by atoms with Gasteiger partial charge in [-0.2, -0.15) is 0 Å². The molecule has 0 spiro atoms. The van der Waals surface area contributed by atoms with Crippen molar-refractivity contribution < 1.29 is 9.13 Å². The van der Waals surface area contributed by atoms with Gasteiger partial charge in [-0.3, -0.25) is 0 Å². The van der Waals surface area contributed by atoms with E-state index in [1.807, 2.05) is 6.07 Å². The van der Waals surface area contributed by atoms with Gasteiger partial charge in [-0.15, -0.1) is 0 Å². The maximum absolute atomic E-state index is 13.6. The molecule has 1 aromatic carbocycles. The topological polar surface area (TPSA) is 21.3 Å². The largest absolute Gasteiger partial charge is 0.494 e. The number of hydrogen-bond acceptors (Lipinski definition) is 2. The molecule has 3 heteroatoms. The van der Waals surface area contributed by atoms with E-state index >= 15 is 0 Å². The monoisotopic (exact) mass is 249 g/mol. The first-order chi connectivity index (χ1) is 8.78. The highest BCUT2D eigenvalue weighted by Crippen LogP contribution is 2.44. The van der Waals surface area contributed by atoms with Gasteiger partial charge in [0, 0.05) is 12.6 Å². The summed E-state index contributed by atoms with van der Waals surface area (Å²) in [4.78, 5) is 0. The number of methoxy groups -OCH3 is 1. The van der Waals surface area contributed by atoms with E-state index in [0.717, 1.165) is 23.9 Å². The SMILES string of the molecule is COc1ccc(CNC(C2CC2)C2CC2)cc1F. The first kappa shape index (κ1) is 12.0. The summed E-state index contributed by atoms with van der Waals surface area (Å²) in [6.45, 7) is 0.762. The first-order valence-corrected chi connectivity index (χ1v) is 6.83. The predicted molar refractivity (Wildman–Crippen MR) is 69.0 cm³/mol. The molecule has 0 amide bonds. The molecule has 0 aromatic heterocycles. The molecule has 2 saturated carbocycles. The third-order valence-electron chi connectivity index (χ3n) is 4.02. The number of hydrogen-bond donors (Lipinski definition) is 1. The molecule has 2 aliphatic rings. The minimum atomic E-state index is -0.272. The third-order valence-corrected chi connectivity index (χ3v) is 4.02. The van der Waals surface area contributed by atoms with Gasteiger partial charge in [0.1, 0.15) is 0 Å². The Morgan fingerprint density at radius 2 is 1.94 bits per heavy atom. The van der Waals surface area contributed by atoms with Gasteiger partial charge in [0.15, 0.2) is 11.6 Å². The van der Waals surface area contributed by atoms with Gasteiger partial charge in [-0.25, -0.2) is 4.39 Å². The number of benzene rings is 1. The molecule has 0 heterocycles. The molecule has 98 valence electrons. The van der Waals surface area contributed by atoms with Crippen LogP contribution in [0.25, 0.3) is 0 Å². The van der Waals surface area contributed by atoms with Crippen molar-refractivity contribution in [3.8, 4) is 5.75 Å². The first-order valence-electron chi connectivity index (χ1n) is 6.83. The summed E-state index contributed by atoms with van der Waals surface area (Å²) in [5, 5.41) is 3.62. The standard InChI is InChI=1S/C15H20FNO/c1-18-14-7-2-10(8-13(14)16)9-17-15(11-3-4-11)12-5-6-12/h2,7-8,11-12,15,17H,3-6,9H2,1H3. The highest BCUT2D eigenvalue weighted by molar-refractivity contribution is 5.29. The van der Waals surface area contributed by atoms with Crippen LogP contribution in [0.15, 0.2) is 18.2 Å². The molecular weight excluding hydrogens is 229 g/mol. The number of ether oxygens (including phenoxy) is 1. The van der Waals surface area contributed by atoms with Crippen molar-refractivity contribution in [2.24, 2.45) is 11.8 Å². The van der Waals surface area contributed by atoms with Gasteiger partial charge in [-0.05, 0) is 55.2 Å². The number of nitrogens with one attached hydrogen (secondary N) is 1. The van der Waals surface area contributed by atoms with Crippen LogP contribution in [0.1, 0.15) is 31.2 Å². The van der Waals surface area contributed by atoms with Crippen molar-refractivity contribution in [3.05, 3.63) is 29.6 Å². The summed E-state index contributed by atoms with van der Waals surface area (Å²) in [5.41, 5.74) is 1.000. The fourth-order valence-electron chi connectivity index (χ4n) is 2.68. The van der Waals surface area contributed by atoms with Crippen LogP contribution >= 0.6 is 0 Å². The molecule has 2 fully saturated rings. The Kier molecular flexibility index (Phi) is 3.25. The summed E-state index contributed by atoms with van der Waals surface area (Å²) in [6, 6.07) is 5.87. The molecule has 0 atom stereocenters. The molecular formula is C15H20FNO. The van der Waals surface area contributed by atoms with Crippen LogP contribution in [0.4, 0.5) is 4.39 Å². The van der Waals surface area contributed by atoms with Crippen LogP contribution in [-0.2, 0) is 6.54 Å². The minimum Gasteiger partial charge on any atom is -0.494 e. The lowest BCUT2D eigenvalue weighted by atomic mass is 10.1. The van der Waals surface area contributed by atoms with Crippen molar-refractivity contribution in [3.63, 3.8) is 0 Å². The molecule has 1 N–H and O–H groups in total. The molecule has 0 saturated heterocycles. The van der Waals surface area contributed by atoms with E-state index in [4.69, 9.17) is 4.74 Å². The van der Waals surface area contributed by atoms with Crippen molar-refractivity contribution in [1.29, 1.82) is 0 Å². The van der Waals surface area contributed by atoms with E-state index in [2.05, 4.69) is 5.32 Å². The normalized spacial score (nSPS) is 19.3. The second kappa shape index (κ2) is 4.88. The van der Waals surface area contributed by atoms with Crippen LogP contribution in [0.2, 0.25) is 0 Å². The van der Waals surface area contributed by atoms with E-state index in [9.17, 15) is 4.39 Å². The highest BCUT2D eigenvalue weighted by Gasteiger charge is 2.40. The lowest BCUT2D eigenvalue weighted by Gasteiger charge is -2.17. The van der Waals surface area contributed by atoms with E-state index in [1.165, 1.54) is 32.8 Å². The lowest BCUT2D eigenvalue weighted by Crippen LogP contribution is -2.32. The van der Waals surface area contributed by atoms with Gasteiger partial charge in [0.05, 0.1) is 7.11 Å². The minimum absolute atomic E-state index is 0.272. The lowest BCUT2D eigenvalue weighted by molar-refractivity contribution is 0.385. The van der Waals surface area contributed by atoms with Crippen LogP contribution < -0.4 is 10.1 Å². The quantitative estimate of drug-likeness (QED) is 0.836. The molecule has 1 aromatic rings. The molecule has 2 nitrogen and oxygen atoms in total. The predicted octanol–water partition coefficient (Wildman–Crippen LogP) is 3.11. The van der Waals surface area contributed by atoms with E-state index in [0.29, 0.717) is 11.8 Å². The fourth-order valence-corrected chi connectivity index (χ4v) is 2.68. The zero-order chi connectivity index (χ0) is 12.5. The van der Waals surface area contributed by atoms with Gasteiger partial charge in [0.25, 0.3) is 0 Å². The molecule has 0 aliphatic heterocycles. The maximum Gasteiger partial charge on any atom is 0.165 e.